The van der Waals surface area contributed by atoms with E-state index in [1.54, 1.807) is 44.0 Å². The third-order valence-electron chi connectivity index (χ3n) is 4.26. The van der Waals surface area contributed by atoms with E-state index in [0.717, 1.165) is 11.3 Å². The molecule has 0 aromatic heterocycles. The molecule has 2 rings (SSSR count). The minimum Gasteiger partial charge on any atom is -0.378 e. The Balaban J connectivity index is 2.26. The van der Waals surface area contributed by atoms with E-state index in [9.17, 15) is 13.2 Å². The first kappa shape index (κ1) is 20.0. The number of nitrogens with zero attached hydrogens (tertiary/aromatic N) is 2. The molecule has 140 valence electrons. The van der Waals surface area contributed by atoms with Crippen LogP contribution in [0.1, 0.15) is 29.8 Å². The van der Waals surface area contributed by atoms with Gasteiger partial charge >= 0.3 is 0 Å². The molecule has 0 heterocycles. The lowest BCUT2D eigenvalue weighted by molar-refractivity contribution is 0.0781. The van der Waals surface area contributed by atoms with Gasteiger partial charge in [0.1, 0.15) is 0 Å². The zero-order chi connectivity index (χ0) is 19.5. The van der Waals surface area contributed by atoms with Crippen molar-refractivity contribution >= 4 is 21.4 Å². The first-order valence-electron chi connectivity index (χ1n) is 8.49. The van der Waals surface area contributed by atoms with Gasteiger partial charge in [-0.05, 0) is 43.7 Å². The number of carbonyl (C=O) groups is 1. The zero-order valence-electron chi connectivity index (χ0n) is 15.9. The number of benzene rings is 2. The standard InChI is InChI=1S/C20H26N2O3S/c1-15(2)26(24,25)19-9-7-6-8-18(19)20(23)22(5)14-16-10-12-17(13-11-16)21(3)4/h6-13,15H,14H2,1-5H3. The quantitative estimate of drug-likeness (QED) is 0.779. The summed E-state index contributed by atoms with van der Waals surface area (Å²) in [5.74, 6) is -0.304. The van der Waals surface area contributed by atoms with E-state index in [1.807, 2.05) is 43.3 Å². The zero-order valence-corrected chi connectivity index (χ0v) is 16.7. The average Bonchev–Trinajstić information content (AvgIpc) is 2.61. The van der Waals surface area contributed by atoms with Crippen molar-refractivity contribution in [2.75, 3.05) is 26.0 Å². The lowest BCUT2D eigenvalue weighted by atomic mass is 10.1. The molecule has 0 fully saturated rings. The molecular weight excluding hydrogens is 348 g/mol. The van der Waals surface area contributed by atoms with Crippen LogP contribution in [0.15, 0.2) is 53.4 Å². The largest absolute Gasteiger partial charge is 0.378 e. The maximum absolute atomic E-state index is 12.9. The highest BCUT2D eigenvalue weighted by Gasteiger charge is 2.26. The van der Waals surface area contributed by atoms with Gasteiger partial charge in [-0.3, -0.25) is 4.79 Å². The maximum Gasteiger partial charge on any atom is 0.255 e. The fraction of sp³-hybridized carbons (Fsp3) is 0.350. The van der Waals surface area contributed by atoms with Gasteiger partial charge in [0.25, 0.3) is 5.91 Å². The van der Waals surface area contributed by atoms with Crippen LogP contribution in [0.4, 0.5) is 5.69 Å². The van der Waals surface area contributed by atoms with Gasteiger partial charge in [-0.15, -0.1) is 0 Å². The van der Waals surface area contributed by atoms with Crippen molar-refractivity contribution in [1.82, 2.24) is 4.90 Å². The molecule has 0 saturated carbocycles. The van der Waals surface area contributed by atoms with Gasteiger partial charge in [0.05, 0.1) is 15.7 Å². The van der Waals surface area contributed by atoms with Crippen molar-refractivity contribution < 1.29 is 13.2 Å². The molecule has 0 aliphatic rings. The minimum absolute atomic E-state index is 0.0924. The van der Waals surface area contributed by atoms with Crippen LogP contribution in [0.2, 0.25) is 0 Å². The molecular formula is C20H26N2O3S. The van der Waals surface area contributed by atoms with E-state index in [-0.39, 0.29) is 16.4 Å². The maximum atomic E-state index is 12.9. The molecule has 2 aromatic carbocycles. The van der Waals surface area contributed by atoms with Crippen LogP contribution in [0.3, 0.4) is 0 Å². The van der Waals surface area contributed by atoms with Crippen LogP contribution in [-0.4, -0.2) is 45.6 Å². The van der Waals surface area contributed by atoms with E-state index in [0.29, 0.717) is 6.54 Å². The molecule has 0 bridgehead atoms. The summed E-state index contributed by atoms with van der Waals surface area (Å²) in [5.41, 5.74) is 2.28. The molecule has 0 N–H and O–H groups in total. The summed E-state index contributed by atoms with van der Waals surface area (Å²) in [5, 5.41) is -0.583. The molecule has 0 spiro atoms. The molecule has 0 aliphatic carbocycles. The molecule has 26 heavy (non-hydrogen) atoms. The highest BCUT2D eigenvalue weighted by molar-refractivity contribution is 7.92. The smallest absolute Gasteiger partial charge is 0.255 e. The van der Waals surface area contributed by atoms with Gasteiger partial charge in [0.2, 0.25) is 0 Å². The van der Waals surface area contributed by atoms with E-state index in [1.165, 1.54) is 6.07 Å². The van der Waals surface area contributed by atoms with Gasteiger partial charge in [0.15, 0.2) is 9.84 Å². The Morgan fingerprint density at radius 3 is 2.08 bits per heavy atom. The number of hydrogen-bond donors (Lipinski definition) is 0. The molecule has 5 nitrogen and oxygen atoms in total. The normalized spacial score (nSPS) is 11.5. The molecule has 0 aliphatic heterocycles. The Hall–Kier alpha value is -2.34. The highest BCUT2D eigenvalue weighted by Crippen LogP contribution is 2.22. The Kier molecular flexibility index (Phi) is 6.08. The molecule has 1 amide bonds. The van der Waals surface area contributed by atoms with Gasteiger partial charge in [-0.25, -0.2) is 8.42 Å². The van der Waals surface area contributed by atoms with E-state index in [4.69, 9.17) is 0 Å². The fourth-order valence-electron chi connectivity index (χ4n) is 2.60. The van der Waals surface area contributed by atoms with Crippen molar-refractivity contribution in [3.8, 4) is 0 Å². The number of hydrogen-bond acceptors (Lipinski definition) is 4. The fourth-order valence-corrected chi connectivity index (χ4v) is 3.83. The summed E-state index contributed by atoms with van der Waals surface area (Å²) in [4.78, 5) is 16.5. The lowest BCUT2D eigenvalue weighted by Crippen LogP contribution is -2.28. The molecule has 0 radical (unpaired) electrons. The number of amides is 1. The predicted molar refractivity (Wildman–Crippen MR) is 105 cm³/mol. The number of anilines is 1. The minimum atomic E-state index is -3.53. The van der Waals surface area contributed by atoms with Crippen molar-refractivity contribution in [2.24, 2.45) is 0 Å². The Labute approximate surface area is 156 Å². The second-order valence-electron chi connectivity index (χ2n) is 6.81. The van der Waals surface area contributed by atoms with Crippen LogP contribution < -0.4 is 4.90 Å². The molecule has 0 atom stereocenters. The molecule has 0 saturated heterocycles. The topological polar surface area (TPSA) is 57.7 Å². The summed E-state index contributed by atoms with van der Waals surface area (Å²) in [6.07, 6.45) is 0. The summed E-state index contributed by atoms with van der Waals surface area (Å²) >= 11 is 0. The summed E-state index contributed by atoms with van der Waals surface area (Å²) in [7, 11) is 2.09. The number of rotatable bonds is 6. The monoisotopic (exact) mass is 374 g/mol. The van der Waals surface area contributed by atoms with Crippen LogP contribution in [-0.2, 0) is 16.4 Å². The van der Waals surface area contributed by atoms with Crippen molar-refractivity contribution in [2.45, 2.75) is 30.5 Å². The van der Waals surface area contributed by atoms with E-state index in [2.05, 4.69) is 0 Å². The molecule has 0 unspecified atom stereocenters. The third-order valence-corrected chi connectivity index (χ3v) is 6.47. The van der Waals surface area contributed by atoms with Gasteiger partial charge in [-0.2, -0.15) is 0 Å². The number of carbonyl (C=O) groups excluding carboxylic acids is 1. The van der Waals surface area contributed by atoms with Crippen LogP contribution in [0, 0.1) is 0 Å². The van der Waals surface area contributed by atoms with E-state index < -0.39 is 15.1 Å². The SMILES string of the molecule is CC(C)S(=O)(=O)c1ccccc1C(=O)N(C)Cc1ccc(N(C)C)cc1. The Morgan fingerprint density at radius 2 is 1.54 bits per heavy atom. The Morgan fingerprint density at radius 1 is 0.962 bits per heavy atom. The van der Waals surface area contributed by atoms with E-state index >= 15 is 0 Å². The first-order chi connectivity index (χ1) is 12.1. The summed E-state index contributed by atoms with van der Waals surface area (Å²) in [6.45, 7) is 3.64. The summed E-state index contributed by atoms with van der Waals surface area (Å²) < 4.78 is 25.1. The van der Waals surface area contributed by atoms with Crippen molar-refractivity contribution in [3.05, 3.63) is 59.7 Å². The summed E-state index contributed by atoms with van der Waals surface area (Å²) in [6, 6.07) is 14.3. The van der Waals surface area contributed by atoms with Gasteiger partial charge in [0, 0.05) is 33.4 Å². The van der Waals surface area contributed by atoms with Crippen LogP contribution >= 0.6 is 0 Å². The lowest BCUT2D eigenvalue weighted by Gasteiger charge is -2.20. The van der Waals surface area contributed by atoms with Gasteiger partial charge in [-0.1, -0.05) is 24.3 Å². The van der Waals surface area contributed by atoms with Crippen molar-refractivity contribution in [1.29, 1.82) is 0 Å². The third kappa shape index (κ3) is 4.25. The first-order valence-corrected chi connectivity index (χ1v) is 10.0. The predicted octanol–water partition coefficient (Wildman–Crippen LogP) is 3.21. The molecule has 6 heteroatoms. The van der Waals surface area contributed by atoms with Crippen LogP contribution in [0.5, 0.6) is 0 Å². The van der Waals surface area contributed by atoms with Crippen molar-refractivity contribution in [3.63, 3.8) is 0 Å². The molecule has 2 aromatic rings. The van der Waals surface area contributed by atoms with Gasteiger partial charge < -0.3 is 9.80 Å². The highest BCUT2D eigenvalue weighted by atomic mass is 32.2. The second-order valence-corrected chi connectivity index (χ2v) is 9.28. The van der Waals surface area contributed by atoms with Crippen LogP contribution in [0.25, 0.3) is 0 Å². The average molecular weight is 375 g/mol. The second kappa shape index (κ2) is 7.91. The number of sulfone groups is 1. The Bertz CT molecular complexity index is 872.